The average Bonchev–Trinajstić information content (AvgIpc) is 2.45. The largest absolute Gasteiger partial charge is 0.378 e. The van der Waals surface area contributed by atoms with Crippen LogP contribution in [0.15, 0.2) is 42.5 Å². The van der Waals surface area contributed by atoms with Crippen LogP contribution in [0.1, 0.15) is 31.9 Å². The van der Waals surface area contributed by atoms with E-state index in [0.717, 1.165) is 23.4 Å². The molecule has 2 atom stereocenters. The third-order valence-corrected chi connectivity index (χ3v) is 4.57. The van der Waals surface area contributed by atoms with Crippen LogP contribution in [0.5, 0.6) is 0 Å². The number of hydrogen-bond donors (Lipinski definition) is 1. The Labute approximate surface area is 146 Å². The number of rotatable bonds is 2. The fourth-order valence-electron chi connectivity index (χ4n) is 3.27. The molecule has 0 fully saturated rings. The fraction of sp³-hybridized carbons (Fsp3) is 0.278. The molecule has 0 saturated heterocycles. The second-order valence-corrected chi connectivity index (χ2v) is 6.76. The van der Waals surface area contributed by atoms with Gasteiger partial charge in [-0.1, -0.05) is 41.4 Å². The van der Waals surface area contributed by atoms with E-state index in [9.17, 15) is 4.79 Å². The first kappa shape index (κ1) is 16.2. The van der Waals surface area contributed by atoms with Crippen molar-refractivity contribution in [2.75, 3.05) is 10.2 Å². The second-order valence-electron chi connectivity index (χ2n) is 5.89. The summed E-state index contributed by atoms with van der Waals surface area (Å²) in [6.45, 7) is 3.68. The lowest BCUT2D eigenvalue weighted by atomic mass is 9.91. The SMILES string of the molecule is CC(=O)N1c2ccccc2[C@@H](Nc2cc(Cl)cc(Cl)c2)C[C@H]1C. The zero-order valence-corrected chi connectivity index (χ0v) is 14.5. The molecule has 3 rings (SSSR count). The van der Waals surface area contributed by atoms with Gasteiger partial charge < -0.3 is 10.2 Å². The van der Waals surface area contributed by atoms with E-state index in [1.54, 1.807) is 13.0 Å². The van der Waals surface area contributed by atoms with Crippen molar-refractivity contribution < 1.29 is 4.79 Å². The summed E-state index contributed by atoms with van der Waals surface area (Å²) >= 11 is 12.2. The highest BCUT2D eigenvalue weighted by molar-refractivity contribution is 6.35. The monoisotopic (exact) mass is 348 g/mol. The number of halogens is 2. The van der Waals surface area contributed by atoms with E-state index in [0.29, 0.717) is 10.0 Å². The molecule has 120 valence electrons. The molecule has 1 aliphatic rings. The maximum atomic E-state index is 12.0. The smallest absolute Gasteiger partial charge is 0.224 e. The zero-order chi connectivity index (χ0) is 16.6. The Morgan fingerprint density at radius 3 is 2.48 bits per heavy atom. The van der Waals surface area contributed by atoms with Crippen molar-refractivity contribution in [1.29, 1.82) is 0 Å². The summed E-state index contributed by atoms with van der Waals surface area (Å²) in [6.07, 6.45) is 0.820. The van der Waals surface area contributed by atoms with Gasteiger partial charge in [-0.05, 0) is 43.2 Å². The molecule has 0 saturated carbocycles. The Morgan fingerprint density at radius 2 is 1.83 bits per heavy atom. The van der Waals surface area contributed by atoms with Crippen LogP contribution in [-0.4, -0.2) is 11.9 Å². The number of para-hydroxylation sites is 1. The van der Waals surface area contributed by atoms with Gasteiger partial charge in [-0.3, -0.25) is 4.79 Å². The Kier molecular flexibility index (Phi) is 4.51. The molecule has 1 aliphatic heterocycles. The van der Waals surface area contributed by atoms with Crippen LogP contribution in [-0.2, 0) is 4.79 Å². The Bertz CT molecular complexity index is 727. The molecule has 3 nitrogen and oxygen atoms in total. The second kappa shape index (κ2) is 6.42. The Balaban J connectivity index is 1.97. The third kappa shape index (κ3) is 3.31. The number of fused-ring (bicyclic) bond motifs is 1. The van der Waals surface area contributed by atoms with Crippen LogP contribution in [0, 0.1) is 0 Å². The predicted octanol–water partition coefficient (Wildman–Crippen LogP) is 5.29. The molecule has 0 bridgehead atoms. The number of carbonyl (C=O) groups is 1. The minimum atomic E-state index is 0.0641. The van der Waals surface area contributed by atoms with Crippen molar-refractivity contribution in [1.82, 2.24) is 0 Å². The van der Waals surface area contributed by atoms with E-state index in [-0.39, 0.29) is 18.0 Å². The van der Waals surface area contributed by atoms with Crippen molar-refractivity contribution in [3.8, 4) is 0 Å². The standard InChI is InChI=1S/C18H18Cl2N2O/c1-11-7-17(21-15-9-13(19)8-14(20)10-15)16-5-3-4-6-18(16)22(11)12(2)23/h3-6,8-11,17,21H,7H2,1-2H3/t11-,17+/m1/s1. The molecule has 5 heteroatoms. The van der Waals surface area contributed by atoms with Gasteiger partial charge >= 0.3 is 0 Å². The van der Waals surface area contributed by atoms with Crippen LogP contribution >= 0.6 is 23.2 Å². The van der Waals surface area contributed by atoms with Crippen molar-refractivity contribution in [2.24, 2.45) is 0 Å². The highest BCUT2D eigenvalue weighted by Gasteiger charge is 2.32. The number of carbonyl (C=O) groups excluding carboxylic acids is 1. The van der Waals surface area contributed by atoms with Gasteiger partial charge in [-0.25, -0.2) is 0 Å². The lowest BCUT2D eigenvalue weighted by Crippen LogP contribution is -2.43. The maximum absolute atomic E-state index is 12.0. The van der Waals surface area contributed by atoms with Gasteiger partial charge in [0.2, 0.25) is 5.91 Å². The van der Waals surface area contributed by atoms with E-state index in [4.69, 9.17) is 23.2 Å². The summed E-state index contributed by atoms with van der Waals surface area (Å²) in [5.41, 5.74) is 2.95. The summed E-state index contributed by atoms with van der Waals surface area (Å²) in [7, 11) is 0. The molecule has 0 radical (unpaired) electrons. The average molecular weight is 349 g/mol. The Hall–Kier alpha value is -1.71. The molecule has 0 aliphatic carbocycles. The van der Waals surface area contributed by atoms with Crippen LogP contribution < -0.4 is 10.2 Å². The quantitative estimate of drug-likeness (QED) is 0.799. The predicted molar refractivity (Wildman–Crippen MR) is 96.5 cm³/mol. The molecule has 23 heavy (non-hydrogen) atoms. The van der Waals surface area contributed by atoms with Gasteiger partial charge in [0.05, 0.1) is 6.04 Å². The number of nitrogens with zero attached hydrogens (tertiary/aromatic N) is 1. The zero-order valence-electron chi connectivity index (χ0n) is 13.0. The van der Waals surface area contributed by atoms with Gasteiger partial charge in [0.25, 0.3) is 0 Å². The molecule has 0 aromatic heterocycles. The van der Waals surface area contributed by atoms with Crippen LogP contribution in [0.4, 0.5) is 11.4 Å². The maximum Gasteiger partial charge on any atom is 0.224 e. The topological polar surface area (TPSA) is 32.3 Å². The molecule has 1 N–H and O–H groups in total. The molecular weight excluding hydrogens is 331 g/mol. The van der Waals surface area contributed by atoms with E-state index in [1.807, 2.05) is 35.2 Å². The van der Waals surface area contributed by atoms with Crippen molar-refractivity contribution in [3.05, 3.63) is 58.1 Å². The first-order chi connectivity index (χ1) is 11.0. The van der Waals surface area contributed by atoms with E-state index >= 15 is 0 Å². The first-order valence-electron chi connectivity index (χ1n) is 7.57. The van der Waals surface area contributed by atoms with E-state index in [2.05, 4.69) is 18.3 Å². The lowest BCUT2D eigenvalue weighted by molar-refractivity contribution is -0.117. The summed E-state index contributed by atoms with van der Waals surface area (Å²) in [5.74, 6) is 0.0641. The number of benzene rings is 2. The van der Waals surface area contributed by atoms with Gasteiger partial charge in [0, 0.05) is 34.4 Å². The van der Waals surface area contributed by atoms with Gasteiger partial charge in [0.1, 0.15) is 0 Å². The number of hydrogen-bond acceptors (Lipinski definition) is 2. The van der Waals surface area contributed by atoms with Crippen molar-refractivity contribution >= 4 is 40.5 Å². The van der Waals surface area contributed by atoms with E-state index in [1.165, 1.54) is 0 Å². The highest BCUT2D eigenvalue weighted by Crippen LogP contribution is 2.39. The third-order valence-electron chi connectivity index (χ3n) is 4.13. The molecule has 0 spiro atoms. The molecule has 0 unspecified atom stereocenters. The summed E-state index contributed by atoms with van der Waals surface area (Å²) in [6, 6.07) is 13.7. The fourth-order valence-corrected chi connectivity index (χ4v) is 3.79. The molecule has 1 amide bonds. The number of amides is 1. The minimum Gasteiger partial charge on any atom is -0.378 e. The number of nitrogens with one attached hydrogen (secondary N) is 1. The summed E-state index contributed by atoms with van der Waals surface area (Å²) in [5, 5.41) is 4.70. The van der Waals surface area contributed by atoms with E-state index < -0.39 is 0 Å². The summed E-state index contributed by atoms with van der Waals surface area (Å²) < 4.78 is 0. The molecular formula is C18H18Cl2N2O. The first-order valence-corrected chi connectivity index (χ1v) is 8.32. The van der Waals surface area contributed by atoms with Gasteiger partial charge in [-0.15, -0.1) is 0 Å². The van der Waals surface area contributed by atoms with Crippen molar-refractivity contribution in [2.45, 2.75) is 32.4 Å². The molecule has 2 aromatic carbocycles. The van der Waals surface area contributed by atoms with Crippen LogP contribution in [0.2, 0.25) is 10.0 Å². The highest BCUT2D eigenvalue weighted by atomic mass is 35.5. The lowest BCUT2D eigenvalue weighted by Gasteiger charge is -2.39. The minimum absolute atomic E-state index is 0.0641. The summed E-state index contributed by atoms with van der Waals surface area (Å²) in [4.78, 5) is 13.9. The normalized spacial score (nSPS) is 20.1. The number of anilines is 2. The van der Waals surface area contributed by atoms with Gasteiger partial charge in [0.15, 0.2) is 0 Å². The van der Waals surface area contributed by atoms with Crippen molar-refractivity contribution in [3.63, 3.8) is 0 Å². The molecule has 1 heterocycles. The van der Waals surface area contributed by atoms with Gasteiger partial charge in [-0.2, -0.15) is 0 Å². The van der Waals surface area contributed by atoms with Crippen LogP contribution in [0.3, 0.4) is 0 Å². The Morgan fingerprint density at radius 1 is 1.17 bits per heavy atom. The molecule has 2 aromatic rings. The van der Waals surface area contributed by atoms with Crippen LogP contribution in [0.25, 0.3) is 0 Å².